The third kappa shape index (κ3) is 2.67. The molecule has 6 rings (SSSR count). The number of rotatable bonds is 2. The molecular formula is C23H20N4O5. The van der Waals surface area contributed by atoms with Gasteiger partial charge in [-0.1, -0.05) is 24.3 Å². The molecule has 9 nitrogen and oxygen atoms in total. The SMILES string of the molecule is CC(=O)NN1CC(=O)N2[C@H](c3ccc4c(c3)OCO4)c3[nH]c4ccccc4c3C[C@@H]2C1=O. The predicted octanol–water partition coefficient (Wildman–Crippen LogP) is 1.63. The van der Waals surface area contributed by atoms with Crippen LogP contribution in [0.25, 0.3) is 10.9 Å². The van der Waals surface area contributed by atoms with E-state index in [9.17, 15) is 14.4 Å². The number of aromatic amines is 1. The first kappa shape index (κ1) is 18.7. The second kappa shape index (κ2) is 6.74. The van der Waals surface area contributed by atoms with Gasteiger partial charge < -0.3 is 19.4 Å². The second-order valence-electron chi connectivity index (χ2n) is 8.19. The van der Waals surface area contributed by atoms with Crippen LogP contribution in [0.3, 0.4) is 0 Å². The van der Waals surface area contributed by atoms with Crippen LogP contribution >= 0.6 is 0 Å². The minimum Gasteiger partial charge on any atom is -0.454 e. The van der Waals surface area contributed by atoms with Crippen LogP contribution in [0.5, 0.6) is 11.5 Å². The maximum atomic E-state index is 13.3. The van der Waals surface area contributed by atoms with Gasteiger partial charge in [-0.2, -0.15) is 0 Å². The van der Waals surface area contributed by atoms with Gasteiger partial charge in [-0.15, -0.1) is 0 Å². The number of fused-ring (bicyclic) bond motifs is 5. The summed E-state index contributed by atoms with van der Waals surface area (Å²) in [4.78, 5) is 43.4. The summed E-state index contributed by atoms with van der Waals surface area (Å²) in [5, 5.41) is 2.15. The first-order valence-corrected chi connectivity index (χ1v) is 10.4. The molecule has 2 N–H and O–H groups in total. The van der Waals surface area contributed by atoms with Gasteiger partial charge in [0.2, 0.25) is 18.6 Å². The minimum absolute atomic E-state index is 0.149. The lowest BCUT2D eigenvalue weighted by atomic mass is 9.86. The number of hydrogen-bond donors (Lipinski definition) is 2. The molecule has 32 heavy (non-hydrogen) atoms. The molecule has 0 unspecified atom stereocenters. The van der Waals surface area contributed by atoms with Crippen molar-refractivity contribution in [1.29, 1.82) is 0 Å². The quantitative estimate of drug-likeness (QED) is 0.641. The molecule has 2 atom stereocenters. The molecule has 0 saturated carbocycles. The van der Waals surface area contributed by atoms with Crippen LogP contribution in [0.1, 0.15) is 29.8 Å². The Morgan fingerprint density at radius 2 is 1.94 bits per heavy atom. The lowest BCUT2D eigenvalue weighted by Crippen LogP contribution is -2.66. The highest BCUT2D eigenvalue weighted by molar-refractivity contribution is 5.98. The first-order chi connectivity index (χ1) is 15.5. The van der Waals surface area contributed by atoms with E-state index >= 15 is 0 Å². The summed E-state index contributed by atoms with van der Waals surface area (Å²) >= 11 is 0. The highest BCUT2D eigenvalue weighted by atomic mass is 16.7. The molecule has 9 heteroatoms. The normalized spacial score (nSPS) is 21.5. The lowest BCUT2D eigenvalue weighted by Gasteiger charge is -2.46. The summed E-state index contributed by atoms with van der Waals surface area (Å²) in [6, 6.07) is 12.2. The fraction of sp³-hybridized carbons (Fsp3) is 0.261. The zero-order chi connectivity index (χ0) is 22.0. The number of benzene rings is 2. The Morgan fingerprint density at radius 3 is 2.78 bits per heavy atom. The summed E-state index contributed by atoms with van der Waals surface area (Å²) in [7, 11) is 0. The Bertz CT molecular complexity index is 1300. The van der Waals surface area contributed by atoms with E-state index in [0.29, 0.717) is 17.9 Å². The average molecular weight is 432 g/mol. The van der Waals surface area contributed by atoms with Crippen LogP contribution in [0.15, 0.2) is 42.5 Å². The van der Waals surface area contributed by atoms with E-state index in [-0.39, 0.29) is 25.2 Å². The van der Waals surface area contributed by atoms with Gasteiger partial charge in [-0.25, -0.2) is 5.01 Å². The monoisotopic (exact) mass is 432 g/mol. The van der Waals surface area contributed by atoms with E-state index in [1.54, 1.807) is 4.90 Å². The number of carbonyl (C=O) groups excluding carboxylic acids is 3. The Balaban J connectivity index is 1.53. The van der Waals surface area contributed by atoms with Gasteiger partial charge in [-0.3, -0.25) is 19.8 Å². The van der Waals surface area contributed by atoms with Crippen molar-refractivity contribution in [3.8, 4) is 11.5 Å². The van der Waals surface area contributed by atoms with Crippen molar-refractivity contribution in [1.82, 2.24) is 20.3 Å². The number of para-hydroxylation sites is 1. The van der Waals surface area contributed by atoms with Gasteiger partial charge in [-0.05, 0) is 29.3 Å². The highest BCUT2D eigenvalue weighted by Crippen LogP contribution is 2.44. The smallest absolute Gasteiger partial charge is 0.264 e. The van der Waals surface area contributed by atoms with E-state index in [0.717, 1.165) is 32.7 Å². The molecular weight excluding hydrogens is 412 g/mol. The zero-order valence-corrected chi connectivity index (χ0v) is 17.3. The van der Waals surface area contributed by atoms with Crippen molar-refractivity contribution >= 4 is 28.6 Å². The number of ether oxygens (including phenoxy) is 2. The Labute approximate surface area is 182 Å². The molecule has 0 bridgehead atoms. The van der Waals surface area contributed by atoms with E-state index < -0.39 is 18.0 Å². The molecule has 162 valence electrons. The van der Waals surface area contributed by atoms with E-state index in [4.69, 9.17) is 9.47 Å². The molecule has 3 aliphatic heterocycles. The van der Waals surface area contributed by atoms with Gasteiger partial charge in [0.1, 0.15) is 12.6 Å². The van der Waals surface area contributed by atoms with Crippen LogP contribution in [-0.4, -0.2) is 52.0 Å². The molecule has 0 aliphatic carbocycles. The molecule has 1 fully saturated rings. The standard InChI is InChI=1S/C23H20N4O5/c1-12(28)25-26-10-20(29)27-17(23(26)30)9-15-14-4-2-3-5-16(14)24-21(15)22(27)13-6-7-18-19(8-13)32-11-31-18/h2-8,17,22,24H,9-11H2,1H3,(H,25,28)/t17-,22-/m1/s1. The first-order valence-electron chi connectivity index (χ1n) is 10.4. The number of amides is 3. The number of nitrogens with zero attached hydrogens (tertiary/aromatic N) is 2. The molecule has 3 aromatic rings. The van der Waals surface area contributed by atoms with Crippen LogP contribution in [0, 0.1) is 0 Å². The van der Waals surface area contributed by atoms with Crippen molar-refractivity contribution in [2.75, 3.05) is 13.3 Å². The zero-order valence-electron chi connectivity index (χ0n) is 17.3. The van der Waals surface area contributed by atoms with Crippen molar-refractivity contribution in [2.24, 2.45) is 0 Å². The molecule has 4 heterocycles. The average Bonchev–Trinajstić information content (AvgIpc) is 3.39. The Morgan fingerprint density at radius 1 is 1.12 bits per heavy atom. The third-order valence-corrected chi connectivity index (χ3v) is 6.27. The van der Waals surface area contributed by atoms with Gasteiger partial charge >= 0.3 is 0 Å². The second-order valence-corrected chi connectivity index (χ2v) is 8.19. The molecule has 3 amide bonds. The predicted molar refractivity (Wildman–Crippen MR) is 113 cm³/mol. The third-order valence-electron chi connectivity index (χ3n) is 6.27. The van der Waals surface area contributed by atoms with Gasteiger partial charge in [0.05, 0.1) is 6.04 Å². The highest BCUT2D eigenvalue weighted by Gasteiger charge is 2.48. The van der Waals surface area contributed by atoms with Crippen molar-refractivity contribution in [2.45, 2.75) is 25.4 Å². The number of piperazine rings is 1. The fourth-order valence-electron chi connectivity index (χ4n) is 4.98. The lowest BCUT2D eigenvalue weighted by molar-refractivity contribution is -0.163. The summed E-state index contributed by atoms with van der Waals surface area (Å²) in [5.41, 5.74) is 6.14. The number of hydrogen-bond acceptors (Lipinski definition) is 5. The summed E-state index contributed by atoms with van der Waals surface area (Å²) in [5.74, 6) is 0.320. The molecule has 1 saturated heterocycles. The summed E-state index contributed by atoms with van der Waals surface area (Å²) in [6.07, 6.45) is 0.362. The Hall–Kier alpha value is -4.01. The van der Waals surface area contributed by atoms with Crippen molar-refractivity contribution in [3.63, 3.8) is 0 Å². The minimum atomic E-state index is -0.731. The molecule has 2 aromatic carbocycles. The maximum absolute atomic E-state index is 13.3. The molecule has 0 spiro atoms. The van der Waals surface area contributed by atoms with Gasteiger partial charge in [0, 0.05) is 29.9 Å². The van der Waals surface area contributed by atoms with Crippen LogP contribution in [0.2, 0.25) is 0 Å². The summed E-state index contributed by atoms with van der Waals surface area (Å²) < 4.78 is 11.0. The molecule has 0 radical (unpaired) electrons. The van der Waals surface area contributed by atoms with Crippen LogP contribution < -0.4 is 14.9 Å². The van der Waals surface area contributed by atoms with Crippen molar-refractivity contribution < 1.29 is 23.9 Å². The molecule has 3 aliphatic rings. The number of aromatic nitrogens is 1. The number of carbonyl (C=O) groups is 3. The number of nitrogens with one attached hydrogen (secondary N) is 2. The van der Waals surface area contributed by atoms with Gasteiger partial charge in [0.25, 0.3) is 5.91 Å². The van der Waals surface area contributed by atoms with Gasteiger partial charge in [0.15, 0.2) is 11.5 Å². The maximum Gasteiger partial charge on any atom is 0.264 e. The number of hydrazine groups is 1. The van der Waals surface area contributed by atoms with E-state index in [1.165, 1.54) is 6.92 Å². The summed E-state index contributed by atoms with van der Waals surface area (Å²) in [6.45, 7) is 1.25. The van der Waals surface area contributed by atoms with E-state index in [1.807, 2.05) is 42.5 Å². The largest absolute Gasteiger partial charge is 0.454 e. The van der Waals surface area contributed by atoms with Crippen molar-refractivity contribution in [3.05, 3.63) is 59.3 Å². The molecule has 1 aromatic heterocycles. The fourth-order valence-corrected chi connectivity index (χ4v) is 4.98. The van der Waals surface area contributed by atoms with E-state index in [2.05, 4.69) is 10.4 Å². The van der Waals surface area contributed by atoms with Crippen LogP contribution in [0.4, 0.5) is 0 Å². The topological polar surface area (TPSA) is 104 Å². The number of H-pyrrole nitrogens is 1. The Kier molecular flexibility index (Phi) is 3.95. The van der Waals surface area contributed by atoms with Crippen LogP contribution in [-0.2, 0) is 20.8 Å².